The van der Waals surface area contributed by atoms with Crippen LogP contribution in [0.25, 0.3) is 0 Å². The third kappa shape index (κ3) is 2.71. The molecule has 1 N–H and O–H groups in total. The molecule has 3 heterocycles. The van der Waals surface area contributed by atoms with Gasteiger partial charge in [0.05, 0.1) is 22.9 Å². The van der Waals surface area contributed by atoms with E-state index in [4.69, 9.17) is 0 Å². The van der Waals surface area contributed by atoms with Gasteiger partial charge in [0, 0.05) is 24.7 Å². The van der Waals surface area contributed by atoms with Gasteiger partial charge in [0.25, 0.3) is 0 Å². The van der Waals surface area contributed by atoms with Crippen LogP contribution in [-0.2, 0) is 0 Å². The zero-order valence-corrected chi connectivity index (χ0v) is 11.9. The largest absolute Gasteiger partial charge is 0.374 e. The van der Waals surface area contributed by atoms with Crippen LogP contribution in [0, 0.1) is 0 Å². The smallest absolute Gasteiger partial charge is 0.151 e. The van der Waals surface area contributed by atoms with Crippen LogP contribution in [-0.4, -0.2) is 23.1 Å². The third-order valence-corrected chi connectivity index (χ3v) is 4.06. The molecule has 1 saturated heterocycles. The van der Waals surface area contributed by atoms with Crippen molar-refractivity contribution >= 4 is 22.8 Å². The first-order valence-corrected chi connectivity index (χ1v) is 7.63. The van der Waals surface area contributed by atoms with Crippen molar-refractivity contribution in [1.82, 2.24) is 9.97 Å². The molecule has 1 fully saturated rings. The first kappa shape index (κ1) is 12.4. The van der Waals surface area contributed by atoms with Crippen molar-refractivity contribution < 1.29 is 0 Å². The van der Waals surface area contributed by atoms with Gasteiger partial charge in [0.15, 0.2) is 5.82 Å². The van der Waals surface area contributed by atoms with Crippen LogP contribution in [0.3, 0.4) is 0 Å². The van der Waals surface area contributed by atoms with Crippen molar-refractivity contribution in [3.8, 4) is 0 Å². The maximum absolute atomic E-state index is 4.54. The molecule has 0 aliphatic carbocycles. The molecule has 2 aromatic heterocycles. The molecule has 3 rings (SSSR count). The lowest BCUT2D eigenvalue weighted by molar-refractivity contribution is 0.842. The second kappa shape index (κ2) is 5.57. The number of nitrogens with one attached hydrogen (secondary N) is 1. The molecule has 1 aliphatic rings. The van der Waals surface area contributed by atoms with Gasteiger partial charge in [-0.2, -0.15) is 0 Å². The maximum Gasteiger partial charge on any atom is 0.151 e. The van der Waals surface area contributed by atoms with Gasteiger partial charge in [-0.15, -0.1) is 11.3 Å². The Morgan fingerprint density at radius 3 is 2.89 bits per heavy atom. The molecule has 2 aromatic rings. The molecule has 1 atom stereocenters. The first-order valence-electron chi connectivity index (χ1n) is 6.69. The summed E-state index contributed by atoms with van der Waals surface area (Å²) in [7, 11) is 0. The van der Waals surface area contributed by atoms with E-state index in [1.807, 2.05) is 17.8 Å². The van der Waals surface area contributed by atoms with Crippen LogP contribution >= 0.6 is 11.3 Å². The van der Waals surface area contributed by atoms with E-state index in [1.165, 1.54) is 12.8 Å². The number of hydrogen-bond acceptors (Lipinski definition) is 5. The van der Waals surface area contributed by atoms with Gasteiger partial charge in [-0.05, 0) is 31.9 Å². The maximum atomic E-state index is 4.54. The van der Waals surface area contributed by atoms with E-state index in [-0.39, 0.29) is 6.04 Å². The highest BCUT2D eigenvalue weighted by Gasteiger charge is 2.18. The Labute approximate surface area is 117 Å². The van der Waals surface area contributed by atoms with Crippen LogP contribution < -0.4 is 10.2 Å². The molecule has 0 amide bonds. The normalized spacial score (nSPS) is 16.6. The van der Waals surface area contributed by atoms with Crippen LogP contribution in [0.4, 0.5) is 11.5 Å². The van der Waals surface area contributed by atoms with Crippen molar-refractivity contribution in [2.75, 3.05) is 23.3 Å². The second-order valence-corrected chi connectivity index (χ2v) is 5.57. The van der Waals surface area contributed by atoms with Gasteiger partial charge in [-0.25, -0.2) is 9.97 Å². The number of anilines is 2. The van der Waals surface area contributed by atoms with Crippen molar-refractivity contribution in [2.45, 2.75) is 25.8 Å². The highest BCUT2D eigenvalue weighted by atomic mass is 32.1. The van der Waals surface area contributed by atoms with Gasteiger partial charge in [-0.3, -0.25) is 0 Å². The molecule has 4 nitrogen and oxygen atoms in total. The highest BCUT2D eigenvalue weighted by molar-refractivity contribution is 7.07. The van der Waals surface area contributed by atoms with E-state index in [2.05, 4.69) is 38.6 Å². The Bertz CT molecular complexity index is 520. The van der Waals surface area contributed by atoms with Crippen LogP contribution in [0.2, 0.25) is 0 Å². The number of aromatic nitrogens is 2. The third-order valence-electron chi connectivity index (χ3n) is 3.46. The predicted octanol–water partition coefficient (Wildman–Crippen LogP) is 3.31. The fraction of sp³-hybridized carbons (Fsp3) is 0.429. The summed E-state index contributed by atoms with van der Waals surface area (Å²) < 4.78 is 0. The van der Waals surface area contributed by atoms with Crippen LogP contribution in [0.1, 0.15) is 31.5 Å². The summed E-state index contributed by atoms with van der Waals surface area (Å²) in [6, 6.07) is 4.29. The monoisotopic (exact) mass is 274 g/mol. The molecule has 0 bridgehead atoms. The standard InChI is InChI=1S/C14H18N4S/c1-11(13-9-19-10-16-13)17-12-5-4-6-15-14(12)18-7-2-3-8-18/h4-6,9-11,17H,2-3,7-8H2,1H3. The highest BCUT2D eigenvalue weighted by Crippen LogP contribution is 2.29. The average Bonchev–Trinajstić information content (AvgIpc) is 3.13. The summed E-state index contributed by atoms with van der Waals surface area (Å²) in [4.78, 5) is 11.3. The van der Waals surface area contributed by atoms with E-state index >= 15 is 0 Å². The van der Waals surface area contributed by atoms with Gasteiger partial charge < -0.3 is 10.2 Å². The van der Waals surface area contributed by atoms with E-state index in [0.717, 1.165) is 30.3 Å². The van der Waals surface area contributed by atoms with E-state index in [1.54, 1.807) is 11.3 Å². The minimum absolute atomic E-state index is 0.205. The molecular weight excluding hydrogens is 256 g/mol. The Morgan fingerprint density at radius 2 is 2.16 bits per heavy atom. The Morgan fingerprint density at radius 1 is 1.32 bits per heavy atom. The molecule has 19 heavy (non-hydrogen) atoms. The van der Waals surface area contributed by atoms with Crippen molar-refractivity contribution in [3.63, 3.8) is 0 Å². The summed E-state index contributed by atoms with van der Waals surface area (Å²) in [5.41, 5.74) is 4.06. The summed E-state index contributed by atoms with van der Waals surface area (Å²) in [6.07, 6.45) is 4.39. The van der Waals surface area contributed by atoms with E-state index in [9.17, 15) is 0 Å². The number of pyridine rings is 1. The van der Waals surface area contributed by atoms with Crippen molar-refractivity contribution in [3.05, 3.63) is 34.9 Å². The molecule has 1 unspecified atom stereocenters. The summed E-state index contributed by atoms with van der Waals surface area (Å²) in [5.74, 6) is 1.07. The zero-order valence-electron chi connectivity index (χ0n) is 11.0. The molecular formula is C14H18N4S. The Balaban J connectivity index is 1.80. The van der Waals surface area contributed by atoms with E-state index in [0.29, 0.717) is 0 Å². The lowest BCUT2D eigenvalue weighted by atomic mass is 10.2. The molecule has 0 saturated carbocycles. The van der Waals surface area contributed by atoms with Crippen molar-refractivity contribution in [2.24, 2.45) is 0 Å². The zero-order chi connectivity index (χ0) is 13.1. The minimum atomic E-state index is 0.205. The Kier molecular flexibility index (Phi) is 3.64. The van der Waals surface area contributed by atoms with Crippen LogP contribution in [0.5, 0.6) is 0 Å². The number of hydrogen-bond donors (Lipinski definition) is 1. The molecule has 0 aromatic carbocycles. The minimum Gasteiger partial charge on any atom is -0.374 e. The first-order chi connectivity index (χ1) is 9.34. The lowest BCUT2D eigenvalue weighted by Gasteiger charge is -2.22. The van der Waals surface area contributed by atoms with Crippen molar-refractivity contribution in [1.29, 1.82) is 0 Å². The predicted molar refractivity (Wildman–Crippen MR) is 79.8 cm³/mol. The summed E-state index contributed by atoms with van der Waals surface area (Å²) in [6.45, 7) is 4.35. The topological polar surface area (TPSA) is 41.1 Å². The SMILES string of the molecule is CC(Nc1cccnc1N1CCCC1)c1cscn1. The quantitative estimate of drug-likeness (QED) is 0.928. The molecule has 100 valence electrons. The summed E-state index contributed by atoms with van der Waals surface area (Å²) in [5, 5.41) is 5.62. The fourth-order valence-electron chi connectivity index (χ4n) is 2.43. The number of thiazole rings is 1. The Hall–Kier alpha value is -1.62. The molecule has 1 aliphatic heterocycles. The van der Waals surface area contributed by atoms with Gasteiger partial charge in [-0.1, -0.05) is 0 Å². The molecule has 5 heteroatoms. The number of nitrogens with zero attached hydrogens (tertiary/aromatic N) is 3. The lowest BCUT2D eigenvalue weighted by Crippen LogP contribution is -2.21. The van der Waals surface area contributed by atoms with Gasteiger partial charge in [0.1, 0.15) is 0 Å². The second-order valence-electron chi connectivity index (χ2n) is 4.85. The number of rotatable bonds is 4. The van der Waals surface area contributed by atoms with E-state index < -0.39 is 0 Å². The van der Waals surface area contributed by atoms with Gasteiger partial charge >= 0.3 is 0 Å². The summed E-state index contributed by atoms with van der Waals surface area (Å²) >= 11 is 1.63. The van der Waals surface area contributed by atoms with Crippen LogP contribution in [0.15, 0.2) is 29.2 Å². The molecule has 0 spiro atoms. The molecule has 0 radical (unpaired) electrons. The fourth-order valence-corrected chi connectivity index (χ4v) is 3.08. The van der Waals surface area contributed by atoms with Gasteiger partial charge in [0.2, 0.25) is 0 Å². The average molecular weight is 274 g/mol.